The Morgan fingerprint density at radius 3 is 2.87 bits per heavy atom. The molecule has 1 atom stereocenters. The van der Waals surface area contributed by atoms with E-state index in [1.807, 2.05) is 18.2 Å². The Balaban J connectivity index is 2.19. The van der Waals surface area contributed by atoms with Gasteiger partial charge in [0.25, 0.3) is 0 Å². The zero-order valence-corrected chi connectivity index (χ0v) is 9.36. The molecule has 2 rings (SSSR count). The van der Waals surface area contributed by atoms with Gasteiger partial charge in [0.2, 0.25) is 0 Å². The highest BCUT2D eigenvalue weighted by Gasteiger charge is 2.20. The first-order chi connectivity index (χ1) is 7.33. The lowest BCUT2D eigenvalue weighted by Gasteiger charge is -2.28. The van der Waals surface area contributed by atoms with E-state index in [1.54, 1.807) is 7.11 Å². The van der Waals surface area contributed by atoms with Crippen molar-refractivity contribution in [2.45, 2.75) is 19.0 Å². The number of hydrogen-bond acceptors (Lipinski definition) is 3. The summed E-state index contributed by atoms with van der Waals surface area (Å²) >= 11 is 0. The Kier molecular flexibility index (Phi) is 3.11. The molecule has 1 unspecified atom stereocenters. The van der Waals surface area contributed by atoms with Crippen LogP contribution in [-0.2, 0) is 0 Å². The lowest BCUT2D eigenvalue weighted by atomic mass is 10.2. The molecule has 1 N–H and O–H groups in total. The summed E-state index contributed by atoms with van der Waals surface area (Å²) in [6.45, 7) is 1.12. The summed E-state index contributed by atoms with van der Waals surface area (Å²) < 4.78 is 5.36. The number of anilines is 1. The fourth-order valence-electron chi connectivity index (χ4n) is 2.09. The van der Waals surface area contributed by atoms with E-state index in [4.69, 9.17) is 4.74 Å². The first-order valence-corrected chi connectivity index (χ1v) is 5.42. The van der Waals surface area contributed by atoms with Gasteiger partial charge in [-0.2, -0.15) is 0 Å². The maximum Gasteiger partial charge on any atom is 0.142 e. The lowest BCUT2D eigenvalue weighted by Crippen LogP contribution is -2.39. The molecule has 1 fully saturated rings. The Morgan fingerprint density at radius 1 is 1.40 bits per heavy atom. The highest BCUT2D eigenvalue weighted by atomic mass is 16.5. The molecule has 1 aromatic rings. The van der Waals surface area contributed by atoms with E-state index >= 15 is 0 Å². The molecule has 3 nitrogen and oxygen atoms in total. The molecule has 15 heavy (non-hydrogen) atoms. The highest BCUT2D eigenvalue weighted by molar-refractivity contribution is 5.58. The van der Waals surface area contributed by atoms with Crippen LogP contribution in [0.1, 0.15) is 12.8 Å². The second-order valence-corrected chi connectivity index (χ2v) is 3.89. The molecule has 0 bridgehead atoms. The predicted molar refractivity (Wildman–Crippen MR) is 62.4 cm³/mol. The smallest absolute Gasteiger partial charge is 0.142 e. The minimum Gasteiger partial charge on any atom is -0.495 e. The van der Waals surface area contributed by atoms with Crippen LogP contribution >= 0.6 is 0 Å². The van der Waals surface area contributed by atoms with Crippen LogP contribution in [0.3, 0.4) is 0 Å². The van der Waals surface area contributed by atoms with Gasteiger partial charge in [0.05, 0.1) is 19.0 Å². The summed E-state index contributed by atoms with van der Waals surface area (Å²) in [5.41, 5.74) is 1.15. The third-order valence-corrected chi connectivity index (χ3v) is 2.97. The van der Waals surface area contributed by atoms with E-state index in [0.717, 1.165) is 18.0 Å². The molecule has 0 radical (unpaired) electrons. The molecule has 3 heteroatoms. The zero-order chi connectivity index (χ0) is 10.7. The van der Waals surface area contributed by atoms with Gasteiger partial charge in [0.15, 0.2) is 0 Å². The topological polar surface area (TPSA) is 24.5 Å². The second-order valence-electron chi connectivity index (χ2n) is 3.89. The number of benzene rings is 1. The SMILES string of the molecule is COc1ccccc1N(C)C1CCCN1. The van der Waals surface area contributed by atoms with Crippen LogP contribution in [0, 0.1) is 0 Å². The minimum absolute atomic E-state index is 0.446. The summed E-state index contributed by atoms with van der Waals surface area (Å²) in [4.78, 5) is 2.26. The van der Waals surface area contributed by atoms with Crippen molar-refractivity contribution in [3.8, 4) is 5.75 Å². The maximum atomic E-state index is 5.36. The van der Waals surface area contributed by atoms with Crippen molar-refractivity contribution in [1.29, 1.82) is 0 Å². The molecule has 82 valence electrons. The Hall–Kier alpha value is -1.22. The van der Waals surface area contributed by atoms with Gasteiger partial charge >= 0.3 is 0 Å². The molecular formula is C12H18N2O. The third kappa shape index (κ3) is 2.07. The Bertz CT molecular complexity index is 321. The number of hydrogen-bond donors (Lipinski definition) is 1. The molecule has 0 spiro atoms. The van der Waals surface area contributed by atoms with Crippen LogP contribution in [0.4, 0.5) is 5.69 Å². The number of rotatable bonds is 3. The van der Waals surface area contributed by atoms with E-state index in [1.165, 1.54) is 12.8 Å². The minimum atomic E-state index is 0.446. The van der Waals surface area contributed by atoms with Gasteiger partial charge in [-0.1, -0.05) is 12.1 Å². The largest absolute Gasteiger partial charge is 0.495 e. The summed E-state index contributed by atoms with van der Waals surface area (Å²) in [5, 5.41) is 3.48. The fourth-order valence-corrected chi connectivity index (χ4v) is 2.09. The van der Waals surface area contributed by atoms with Gasteiger partial charge in [-0.25, -0.2) is 0 Å². The molecule has 1 aliphatic heterocycles. The van der Waals surface area contributed by atoms with E-state index < -0.39 is 0 Å². The van der Waals surface area contributed by atoms with Crippen molar-refractivity contribution in [2.75, 3.05) is 25.6 Å². The first kappa shape index (κ1) is 10.3. The summed E-state index contributed by atoms with van der Waals surface area (Å²) in [6, 6.07) is 8.14. The molecule has 1 aliphatic rings. The van der Waals surface area contributed by atoms with Crippen molar-refractivity contribution in [1.82, 2.24) is 5.32 Å². The van der Waals surface area contributed by atoms with Crippen LogP contribution in [0.5, 0.6) is 5.75 Å². The third-order valence-electron chi connectivity index (χ3n) is 2.97. The monoisotopic (exact) mass is 206 g/mol. The fraction of sp³-hybridized carbons (Fsp3) is 0.500. The van der Waals surface area contributed by atoms with Crippen LogP contribution in [-0.4, -0.2) is 26.9 Å². The van der Waals surface area contributed by atoms with Crippen molar-refractivity contribution in [2.24, 2.45) is 0 Å². The quantitative estimate of drug-likeness (QED) is 0.816. The summed E-state index contributed by atoms with van der Waals surface area (Å²) in [5.74, 6) is 0.939. The van der Waals surface area contributed by atoms with Gasteiger partial charge in [-0.05, 0) is 31.5 Å². The van der Waals surface area contributed by atoms with Gasteiger partial charge in [0.1, 0.15) is 5.75 Å². The number of nitrogens with zero attached hydrogens (tertiary/aromatic N) is 1. The number of ether oxygens (including phenoxy) is 1. The van der Waals surface area contributed by atoms with Crippen LogP contribution in [0.25, 0.3) is 0 Å². The average molecular weight is 206 g/mol. The van der Waals surface area contributed by atoms with Gasteiger partial charge < -0.3 is 9.64 Å². The molecule has 1 aromatic carbocycles. The van der Waals surface area contributed by atoms with E-state index in [-0.39, 0.29) is 0 Å². The van der Waals surface area contributed by atoms with Crippen LogP contribution in [0.15, 0.2) is 24.3 Å². The molecule has 0 saturated carbocycles. The summed E-state index contributed by atoms with van der Waals surface area (Å²) in [6.07, 6.45) is 2.90. The molecule has 0 amide bonds. The van der Waals surface area contributed by atoms with Gasteiger partial charge in [-0.15, -0.1) is 0 Å². The second kappa shape index (κ2) is 4.53. The molecule has 0 aliphatic carbocycles. The van der Waals surface area contributed by atoms with Crippen molar-refractivity contribution < 1.29 is 4.74 Å². The van der Waals surface area contributed by atoms with E-state index in [2.05, 4.69) is 23.3 Å². The van der Waals surface area contributed by atoms with Crippen LogP contribution in [0.2, 0.25) is 0 Å². The van der Waals surface area contributed by atoms with E-state index in [0.29, 0.717) is 6.17 Å². The van der Waals surface area contributed by atoms with Crippen LogP contribution < -0.4 is 15.0 Å². The van der Waals surface area contributed by atoms with Crippen molar-refractivity contribution >= 4 is 5.69 Å². The molecule has 1 saturated heterocycles. The lowest BCUT2D eigenvalue weighted by molar-refractivity contribution is 0.412. The number of para-hydroxylation sites is 2. The zero-order valence-electron chi connectivity index (χ0n) is 9.36. The molecule has 0 aromatic heterocycles. The highest BCUT2D eigenvalue weighted by Crippen LogP contribution is 2.29. The maximum absolute atomic E-state index is 5.36. The summed E-state index contributed by atoms with van der Waals surface area (Å²) in [7, 11) is 3.83. The standard InChI is InChI=1S/C12H18N2O/c1-14(12-8-5-9-13-12)10-6-3-4-7-11(10)15-2/h3-4,6-7,12-13H,5,8-9H2,1-2H3. The van der Waals surface area contributed by atoms with Crippen molar-refractivity contribution in [3.05, 3.63) is 24.3 Å². The molecular weight excluding hydrogens is 188 g/mol. The normalized spacial score (nSPS) is 20.3. The first-order valence-electron chi connectivity index (χ1n) is 5.42. The number of methoxy groups -OCH3 is 1. The molecule has 1 heterocycles. The van der Waals surface area contributed by atoms with Crippen molar-refractivity contribution in [3.63, 3.8) is 0 Å². The Labute approximate surface area is 91.0 Å². The Morgan fingerprint density at radius 2 is 2.20 bits per heavy atom. The predicted octanol–water partition coefficient (Wildman–Crippen LogP) is 1.84. The van der Waals surface area contributed by atoms with Gasteiger partial charge in [0, 0.05) is 7.05 Å². The van der Waals surface area contributed by atoms with Gasteiger partial charge in [-0.3, -0.25) is 5.32 Å². The van der Waals surface area contributed by atoms with E-state index in [9.17, 15) is 0 Å². The average Bonchev–Trinajstić information content (AvgIpc) is 2.81. The number of nitrogens with one attached hydrogen (secondary N) is 1.